The van der Waals surface area contributed by atoms with Crippen molar-refractivity contribution in [1.82, 2.24) is 9.78 Å². The quantitative estimate of drug-likeness (QED) is 0.906. The molecule has 19 heavy (non-hydrogen) atoms. The lowest BCUT2D eigenvalue weighted by Gasteiger charge is -2.25. The van der Waals surface area contributed by atoms with Crippen LogP contribution in [-0.4, -0.2) is 22.4 Å². The smallest absolute Gasteiger partial charge is 0.157 e. The summed E-state index contributed by atoms with van der Waals surface area (Å²) in [4.78, 5) is 0. The van der Waals surface area contributed by atoms with E-state index in [9.17, 15) is 0 Å². The zero-order valence-electron chi connectivity index (χ0n) is 11.9. The topological polar surface area (TPSA) is 53.1 Å². The molecule has 1 aromatic rings. The Hall–Kier alpha value is -0.740. The fourth-order valence-electron chi connectivity index (χ4n) is 2.42. The van der Waals surface area contributed by atoms with Crippen molar-refractivity contribution in [2.45, 2.75) is 52.1 Å². The van der Waals surface area contributed by atoms with E-state index in [1.165, 1.54) is 12.8 Å². The van der Waals surface area contributed by atoms with E-state index < -0.39 is 0 Å². The van der Waals surface area contributed by atoms with E-state index >= 15 is 0 Å². The van der Waals surface area contributed by atoms with Gasteiger partial charge in [-0.25, -0.2) is 0 Å². The molecule has 1 aliphatic rings. The molecule has 4 nitrogen and oxygen atoms in total. The molecule has 0 aromatic carbocycles. The van der Waals surface area contributed by atoms with E-state index in [1.54, 1.807) is 0 Å². The van der Waals surface area contributed by atoms with Crippen LogP contribution in [0.5, 0.6) is 5.75 Å². The maximum Gasteiger partial charge on any atom is 0.157 e. The Morgan fingerprint density at radius 3 is 2.68 bits per heavy atom. The summed E-state index contributed by atoms with van der Waals surface area (Å²) >= 11 is 0. The van der Waals surface area contributed by atoms with Gasteiger partial charge in [-0.3, -0.25) is 4.68 Å². The normalized spacial score (nSPS) is 23.2. The van der Waals surface area contributed by atoms with Crippen molar-refractivity contribution in [1.29, 1.82) is 0 Å². The average molecular weight is 288 g/mol. The molecule has 110 valence electrons. The van der Waals surface area contributed by atoms with Crippen LogP contribution in [0.1, 0.15) is 39.5 Å². The second-order valence-corrected chi connectivity index (χ2v) is 5.88. The van der Waals surface area contributed by atoms with Gasteiger partial charge in [-0.1, -0.05) is 13.8 Å². The number of ether oxygens (including phenoxy) is 1. The first-order valence-corrected chi connectivity index (χ1v) is 7.04. The second kappa shape index (κ2) is 7.75. The molecule has 0 bridgehead atoms. The van der Waals surface area contributed by atoms with Gasteiger partial charge in [0.1, 0.15) is 0 Å². The van der Waals surface area contributed by atoms with Crippen LogP contribution >= 0.6 is 12.4 Å². The molecule has 0 amide bonds. The molecular formula is C14H26ClN3O. The summed E-state index contributed by atoms with van der Waals surface area (Å²) in [6.07, 6.45) is 8.59. The highest BCUT2D eigenvalue weighted by molar-refractivity contribution is 5.85. The maximum absolute atomic E-state index is 5.92. The van der Waals surface area contributed by atoms with Crippen molar-refractivity contribution in [3.63, 3.8) is 0 Å². The molecular weight excluding hydrogens is 262 g/mol. The lowest BCUT2D eigenvalue weighted by atomic mass is 9.86. The van der Waals surface area contributed by atoms with Crippen LogP contribution in [0, 0.1) is 11.8 Å². The van der Waals surface area contributed by atoms with Gasteiger partial charge >= 0.3 is 0 Å². The van der Waals surface area contributed by atoms with Crippen LogP contribution in [0.2, 0.25) is 0 Å². The third kappa shape index (κ3) is 5.41. The third-order valence-corrected chi connectivity index (χ3v) is 3.53. The highest BCUT2D eigenvalue weighted by Crippen LogP contribution is 2.24. The fourth-order valence-corrected chi connectivity index (χ4v) is 2.42. The van der Waals surface area contributed by atoms with Gasteiger partial charge < -0.3 is 10.5 Å². The van der Waals surface area contributed by atoms with Crippen molar-refractivity contribution >= 4 is 12.4 Å². The molecule has 2 N–H and O–H groups in total. The zero-order valence-corrected chi connectivity index (χ0v) is 12.7. The Morgan fingerprint density at radius 1 is 1.37 bits per heavy atom. The summed E-state index contributed by atoms with van der Waals surface area (Å²) in [5.41, 5.74) is 5.92. The van der Waals surface area contributed by atoms with Crippen molar-refractivity contribution < 1.29 is 4.74 Å². The highest BCUT2D eigenvalue weighted by atomic mass is 35.5. The van der Waals surface area contributed by atoms with E-state index in [0.29, 0.717) is 12.0 Å². The minimum absolute atomic E-state index is 0. The van der Waals surface area contributed by atoms with Gasteiger partial charge in [0.15, 0.2) is 5.75 Å². The lowest BCUT2D eigenvalue weighted by molar-refractivity contribution is 0.268. The summed E-state index contributed by atoms with van der Waals surface area (Å²) < 4.78 is 7.66. The summed E-state index contributed by atoms with van der Waals surface area (Å²) in [6.45, 7) is 6.05. The Balaban J connectivity index is 0.00000180. The number of nitrogens with two attached hydrogens (primary N) is 1. The maximum atomic E-state index is 5.92. The minimum atomic E-state index is 0. The van der Waals surface area contributed by atoms with Gasteiger partial charge in [-0.05, 0) is 37.5 Å². The van der Waals surface area contributed by atoms with Crippen LogP contribution in [0.15, 0.2) is 12.4 Å². The number of nitrogens with zero attached hydrogens (tertiary/aromatic N) is 2. The van der Waals surface area contributed by atoms with Gasteiger partial charge in [-0.2, -0.15) is 5.10 Å². The van der Waals surface area contributed by atoms with Gasteiger partial charge in [0.25, 0.3) is 0 Å². The molecule has 5 heteroatoms. The van der Waals surface area contributed by atoms with E-state index in [4.69, 9.17) is 10.5 Å². The Labute approximate surface area is 122 Å². The lowest BCUT2D eigenvalue weighted by Crippen LogP contribution is -2.28. The van der Waals surface area contributed by atoms with Gasteiger partial charge in [0.2, 0.25) is 0 Å². The summed E-state index contributed by atoms with van der Waals surface area (Å²) in [5.74, 6) is 2.16. The van der Waals surface area contributed by atoms with Crippen molar-refractivity contribution in [3.8, 4) is 5.75 Å². The average Bonchev–Trinajstić information content (AvgIpc) is 2.77. The van der Waals surface area contributed by atoms with Gasteiger partial charge in [0.05, 0.1) is 19.0 Å². The van der Waals surface area contributed by atoms with E-state index in [-0.39, 0.29) is 12.4 Å². The summed E-state index contributed by atoms with van der Waals surface area (Å²) in [6, 6.07) is 0.420. The number of hydrogen-bond acceptors (Lipinski definition) is 3. The van der Waals surface area contributed by atoms with Crippen molar-refractivity contribution in [2.75, 3.05) is 6.61 Å². The van der Waals surface area contributed by atoms with Crippen LogP contribution in [0.25, 0.3) is 0 Å². The molecule has 0 radical (unpaired) electrons. The molecule has 0 aliphatic heterocycles. The van der Waals surface area contributed by atoms with Gasteiger partial charge in [-0.15, -0.1) is 12.4 Å². The predicted molar refractivity (Wildman–Crippen MR) is 79.7 cm³/mol. The number of hydrogen-bond donors (Lipinski definition) is 1. The Kier molecular flexibility index (Phi) is 6.66. The fraction of sp³-hybridized carbons (Fsp3) is 0.786. The molecule has 0 unspecified atom stereocenters. The molecule has 2 rings (SSSR count). The third-order valence-electron chi connectivity index (χ3n) is 3.53. The SMILES string of the molecule is CC(C)COc1cnn(CC2CCC(N)CC2)c1.Cl. The predicted octanol–water partition coefficient (Wildman–Crippen LogP) is 2.86. The molecule has 0 spiro atoms. The van der Waals surface area contributed by atoms with Crippen LogP contribution < -0.4 is 10.5 Å². The van der Waals surface area contributed by atoms with Crippen LogP contribution in [0.4, 0.5) is 0 Å². The summed E-state index contributed by atoms with van der Waals surface area (Å²) in [7, 11) is 0. The standard InChI is InChI=1S/C14H25N3O.ClH/c1-11(2)10-18-14-7-16-17(9-14)8-12-3-5-13(15)6-4-12;/h7,9,11-13H,3-6,8,10,15H2,1-2H3;1H. The Bertz CT molecular complexity index is 359. The molecule has 1 heterocycles. The first-order valence-electron chi connectivity index (χ1n) is 7.04. The van der Waals surface area contributed by atoms with E-state index in [2.05, 4.69) is 18.9 Å². The number of aromatic nitrogens is 2. The monoisotopic (exact) mass is 287 g/mol. The first-order chi connectivity index (χ1) is 8.63. The molecule has 1 aromatic heterocycles. The van der Waals surface area contributed by atoms with Crippen molar-refractivity contribution in [2.24, 2.45) is 17.6 Å². The Morgan fingerprint density at radius 2 is 2.05 bits per heavy atom. The largest absolute Gasteiger partial charge is 0.490 e. The van der Waals surface area contributed by atoms with E-state index in [0.717, 1.165) is 37.7 Å². The molecule has 1 aliphatic carbocycles. The van der Waals surface area contributed by atoms with Crippen molar-refractivity contribution in [3.05, 3.63) is 12.4 Å². The first kappa shape index (κ1) is 16.3. The zero-order chi connectivity index (χ0) is 13.0. The molecule has 1 fully saturated rings. The highest BCUT2D eigenvalue weighted by Gasteiger charge is 2.19. The molecule has 0 saturated heterocycles. The van der Waals surface area contributed by atoms with E-state index in [1.807, 2.05) is 17.1 Å². The molecule has 0 atom stereocenters. The summed E-state index contributed by atoms with van der Waals surface area (Å²) in [5, 5.41) is 4.37. The number of halogens is 1. The van der Waals surface area contributed by atoms with Crippen LogP contribution in [-0.2, 0) is 6.54 Å². The molecule has 1 saturated carbocycles. The van der Waals surface area contributed by atoms with Crippen LogP contribution in [0.3, 0.4) is 0 Å². The number of rotatable bonds is 5. The second-order valence-electron chi connectivity index (χ2n) is 5.88. The van der Waals surface area contributed by atoms with Gasteiger partial charge in [0, 0.05) is 12.6 Å². The minimum Gasteiger partial charge on any atom is -0.490 e.